The lowest BCUT2D eigenvalue weighted by atomic mass is 10.1. The van der Waals surface area contributed by atoms with Gasteiger partial charge in [0.25, 0.3) is 5.56 Å². The lowest BCUT2D eigenvalue weighted by Gasteiger charge is -2.18. The molecular weight excluding hydrogens is 342 g/mol. The quantitative estimate of drug-likeness (QED) is 0.672. The summed E-state index contributed by atoms with van der Waals surface area (Å²) in [6, 6.07) is 15.0. The van der Waals surface area contributed by atoms with Crippen LogP contribution in [0.15, 0.2) is 53.3 Å². The number of aromatic nitrogens is 2. The fourth-order valence-corrected chi connectivity index (χ4v) is 2.92. The fraction of sp³-hybridized carbons (Fsp3) is 0.286. The number of hydrogen-bond acceptors (Lipinski definition) is 4. The molecule has 0 radical (unpaired) electrons. The molecule has 0 aliphatic heterocycles. The number of fused-ring (bicyclic) bond motifs is 1. The summed E-state index contributed by atoms with van der Waals surface area (Å²) >= 11 is 0. The highest BCUT2D eigenvalue weighted by molar-refractivity contribution is 5.88. The summed E-state index contributed by atoms with van der Waals surface area (Å²) in [5.74, 6) is 0.753. The summed E-state index contributed by atoms with van der Waals surface area (Å²) in [6.45, 7) is 2.87. The summed E-state index contributed by atoms with van der Waals surface area (Å²) in [5.41, 5.74) is 1.50. The van der Waals surface area contributed by atoms with Gasteiger partial charge in [0.2, 0.25) is 5.91 Å². The Labute approximate surface area is 158 Å². The van der Waals surface area contributed by atoms with Gasteiger partial charge in [-0.1, -0.05) is 36.4 Å². The molecule has 0 saturated carbocycles. The van der Waals surface area contributed by atoms with Crippen molar-refractivity contribution in [3.8, 4) is 5.75 Å². The van der Waals surface area contributed by atoms with Crippen molar-refractivity contribution in [3.63, 3.8) is 0 Å². The van der Waals surface area contributed by atoms with Crippen molar-refractivity contribution >= 4 is 16.7 Å². The summed E-state index contributed by atoms with van der Waals surface area (Å²) in [4.78, 5) is 26.4. The van der Waals surface area contributed by atoms with Gasteiger partial charge in [-0.3, -0.25) is 9.59 Å². The van der Waals surface area contributed by atoms with Gasteiger partial charge in [-0.25, -0.2) is 4.68 Å². The van der Waals surface area contributed by atoms with Gasteiger partial charge in [0.1, 0.15) is 12.4 Å². The molecular formula is C21H23N3O3. The molecule has 2 aromatic carbocycles. The molecule has 0 spiro atoms. The minimum Gasteiger partial charge on any atom is -0.491 e. The molecule has 0 aliphatic rings. The number of carbonyl (C=O) groups excluding carboxylic acids is 1. The van der Waals surface area contributed by atoms with Crippen LogP contribution in [0.4, 0.5) is 0 Å². The van der Waals surface area contributed by atoms with Gasteiger partial charge < -0.3 is 9.64 Å². The van der Waals surface area contributed by atoms with E-state index in [1.165, 1.54) is 4.68 Å². The highest BCUT2D eigenvalue weighted by atomic mass is 16.5. The third kappa shape index (κ3) is 4.16. The van der Waals surface area contributed by atoms with Crippen molar-refractivity contribution in [2.45, 2.75) is 13.3 Å². The zero-order valence-corrected chi connectivity index (χ0v) is 15.8. The zero-order chi connectivity index (χ0) is 19.4. The lowest BCUT2D eigenvalue weighted by Crippen LogP contribution is -2.33. The smallest absolute Gasteiger partial charge is 0.274 e. The molecule has 6 nitrogen and oxygen atoms in total. The van der Waals surface area contributed by atoms with Crippen molar-refractivity contribution in [2.75, 3.05) is 20.2 Å². The van der Waals surface area contributed by atoms with Gasteiger partial charge in [0.05, 0.1) is 24.0 Å². The second-order valence-electron chi connectivity index (χ2n) is 6.53. The predicted molar refractivity (Wildman–Crippen MR) is 105 cm³/mol. The van der Waals surface area contributed by atoms with E-state index in [4.69, 9.17) is 4.74 Å². The maximum absolute atomic E-state index is 12.6. The van der Waals surface area contributed by atoms with E-state index in [2.05, 4.69) is 5.10 Å². The number of aryl methyl sites for hydroxylation is 2. The van der Waals surface area contributed by atoms with Crippen molar-refractivity contribution in [3.05, 3.63) is 70.1 Å². The first kappa shape index (κ1) is 18.6. The first-order chi connectivity index (χ1) is 13.0. The Morgan fingerprint density at radius 3 is 2.52 bits per heavy atom. The van der Waals surface area contributed by atoms with E-state index in [-0.39, 0.29) is 17.9 Å². The number of para-hydroxylation sites is 1. The third-order valence-electron chi connectivity index (χ3n) is 4.56. The Morgan fingerprint density at radius 1 is 1.11 bits per heavy atom. The molecule has 27 heavy (non-hydrogen) atoms. The van der Waals surface area contributed by atoms with E-state index < -0.39 is 0 Å². The topological polar surface area (TPSA) is 64.4 Å². The summed E-state index contributed by atoms with van der Waals surface area (Å²) in [5, 5.41) is 5.58. The summed E-state index contributed by atoms with van der Waals surface area (Å²) in [7, 11) is 3.34. The van der Waals surface area contributed by atoms with Crippen LogP contribution in [-0.4, -0.2) is 40.8 Å². The summed E-state index contributed by atoms with van der Waals surface area (Å²) in [6.07, 6.45) is 0.134. The maximum Gasteiger partial charge on any atom is 0.274 e. The van der Waals surface area contributed by atoms with Crippen LogP contribution < -0.4 is 10.3 Å². The highest BCUT2D eigenvalue weighted by Crippen LogP contribution is 2.16. The average molecular weight is 365 g/mol. The number of hydrogen-bond donors (Lipinski definition) is 0. The Balaban J connectivity index is 1.67. The standard InChI is InChI=1S/C21H23N3O3/c1-15-8-4-7-11-19(15)27-13-12-23(2)20(25)14-18-16-9-5-6-10-17(16)21(26)24(3)22-18/h4-11H,12-14H2,1-3H3. The largest absolute Gasteiger partial charge is 0.491 e. The molecule has 3 aromatic rings. The predicted octanol–water partition coefficient (Wildman–Crippen LogP) is 2.32. The molecule has 0 saturated heterocycles. The monoisotopic (exact) mass is 365 g/mol. The summed E-state index contributed by atoms with van der Waals surface area (Å²) < 4.78 is 7.04. The Morgan fingerprint density at radius 2 is 1.78 bits per heavy atom. The van der Waals surface area contributed by atoms with Crippen LogP contribution in [0.2, 0.25) is 0 Å². The maximum atomic E-state index is 12.6. The SMILES string of the molecule is Cc1ccccc1OCCN(C)C(=O)Cc1nn(C)c(=O)c2ccccc12. The third-order valence-corrected chi connectivity index (χ3v) is 4.56. The normalized spacial score (nSPS) is 10.8. The minimum absolute atomic E-state index is 0.0697. The zero-order valence-electron chi connectivity index (χ0n) is 15.8. The Bertz CT molecular complexity index is 1030. The number of likely N-dealkylation sites (N-methyl/N-ethyl adjacent to an activating group) is 1. The molecule has 3 rings (SSSR count). The Kier molecular flexibility index (Phi) is 5.54. The van der Waals surface area contributed by atoms with Crippen LogP contribution in [0.5, 0.6) is 5.75 Å². The van der Waals surface area contributed by atoms with Gasteiger partial charge in [0.15, 0.2) is 0 Å². The molecule has 6 heteroatoms. The average Bonchev–Trinajstić information content (AvgIpc) is 2.67. The molecule has 1 heterocycles. The molecule has 0 bridgehead atoms. The van der Waals surface area contributed by atoms with Crippen LogP contribution in [0.25, 0.3) is 10.8 Å². The number of rotatable bonds is 6. The fourth-order valence-electron chi connectivity index (χ4n) is 2.92. The van der Waals surface area contributed by atoms with E-state index in [9.17, 15) is 9.59 Å². The van der Waals surface area contributed by atoms with Crippen molar-refractivity contribution in [2.24, 2.45) is 7.05 Å². The minimum atomic E-state index is -0.165. The molecule has 0 fully saturated rings. The molecule has 0 unspecified atom stereocenters. The first-order valence-corrected chi connectivity index (χ1v) is 8.84. The van der Waals surface area contributed by atoms with Crippen LogP contribution in [-0.2, 0) is 18.3 Å². The van der Waals surface area contributed by atoms with Crippen molar-refractivity contribution in [1.29, 1.82) is 0 Å². The van der Waals surface area contributed by atoms with Crippen LogP contribution in [0, 0.1) is 6.92 Å². The van der Waals surface area contributed by atoms with Crippen LogP contribution in [0.3, 0.4) is 0 Å². The van der Waals surface area contributed by atoms with E-state index in [1.54, 1.807) is 25.1 Å². The molecule has 0 atom stereocenters. The molecule has 0 N–H and O–H groups in total. The second kappa shape index (κ2) is 8.03. The molecule has 1 amide bonds. The van der Waals surface area contributed by atoms with Gasteiger partial charge >= 0.3 is 0 Å². The van der Waals surface area contributed by atoms with E-state index in [1.807, 2.05) is 49.4 Å². The number of benzene rings is 2. The number of ether oxygens (including phenoxy) is 1. The molecule has 0 aliphatic carbocycles. The number of nitrogens with zero attached hydrogens (tertiary/aromatic N) is 3. The van der Waals surface area contributed by atoms with Gasteiger partial charge in [-0.15, -0.1) is 0 Å². The van der Waals surface area contributed by atoms with Gasteiger partial charge in [-0.2, -0.15) is 5.10 Å². The first-order valence-electron chi connectivity index (χ1n) is 8.84. The van der Waals surface area contributed by atoms with Crippen LogP contribution in [0.1, 0.15) is 11.3 Å². The van der Waals surface area contributed by atoms with E-state index in [0.717, 1.165) is 16.7 Å². The Hall–Kier alpha value is -3.15. The van der Waals surface area contributed by atoms with E-state index >= 15 is 0 Å². The van der Waals surface area contributed by atoms with E-state index in [0.29, 0.717) is 24.2 Å². The number of amides is 1. The van der Waals surface area contributed by atoms with Gasteiger partial charge in [0, 0.05) is 19.5 Å². The second-order valence-corrected chi connectivity index (χ2v) is 6.53. The highest BCUT2D eigenvalue weighted by Gasteiger charge is 2.15. The van der Waals surface area contributed by atoms with Crippen molar-refractivity contribution in [1.82, 2.24) is 14.7 Å². The molecule has 1 aromatic heterocycles. The lowest BCUT2D eigenvalue weighted by molar-refractivity contribution is -0.129. The van der Waals surface area contributed by atoms with Crippen molar-refractivity contribution < 1.29 is 9.53 Å². The molecule has 140 valence electrons. The van der Waals surface area contributed by atoms with Gasteiger partial charge in [-0.05, 0) is 24.6 Å². The van der Waals surface area contributed by atoms with Crippen LogP contribution >= 0.6 is 0 Å². The number of carbonyl (C=O) groups is 1.